The van der Waals surface area contributed by atoms with Crippen LogP contribution in [-0.2, 0) is 10.2 Å². The smallest absolute Gasteiger partial charge is 0.185 e. The number of rotatable bonds is 1. The van der Waals surface area contributed by atoms with Crippen LogP contribution in [0.5, 0.6) is 0 Å². The largest absolute Gasteiger partial charge is 0.468 e. The van der Waals surface area contributed by atoms with Gasteiger partial charge in [0.2, 0.25) is 0 Å². The lowest BCUT2D eigenvalue weighted by molar-refractivity contribution is -0.114. The summed E-state index contributed by atoms with van der Waals surface area (Å²) in [4.78, 5) is 12.9. The van der Waals surface area contributed by atoms with E-state index in [1.165, 1.54) is 0 Å². The molecule has 0 aromatic carbocycles. The van der Waals surface area contributed by atoms with Crippen LogP contribution >= 0.6 is 0 Å². The van der Waals surface area contributed by atoms with Gasteiger partial charge in [-0.3, -0.25) is 4.79 Å². The number of ketones is 1. The molecule has 1 heterocycles. The third-order valence-corrected chi connectivity index (χ3v) is 4.05. The van der Waals surface area contributed by atoms with Gasteiger partial charge in [-0.1, -0.05) is 53.7 Å². The number of carbonyl (C=O) groups excluding carboxylic acids is 1. The highest BCUT2D eigenvalue weighted by atomic mass is 16.3. The maximum Gasteiger partial charge on any atom is 0.185 e. The molecule has 2 rings (SSSR count). The quantitative estimate of drug-likeness (QED) is 0.722. The molecule has 0 amide bonds. The summed E-state index contributed by atoms with van der Waals surface area (Å²) in [5, 5.41) is 0. The van der Waals surface area contributed by atoms with Gasteiger partial charge in [0, 0.05) is 11.1 Å². The average Bonchev–Trinajstić information content (AvgIpc) is 2.83. The average molecular weight is 286 g/mol. The van der Waals surface area contributed by atoms with Gasteiger partial charge in [-0.25, -0.2) is 0 Å². The number of hydrogen-bond donors (Lipinski definition) is 0. The molecule has 114 valence electrons. The third-order valence-electron chi connectivity index (χ3n) is 4.05. The van der Waals surface area contributed by atoms with Crippen LogP contribution in [0, 0.1) is 10.8 Å². The van der Waals surface area contributed by atoms with E-state index in [0.29, 0.717) is 0 Å². The van der Waals surface area contributed by atoms with Gasteiger partial charge in [0.25, 0.3) is 0 Å². The van der Waals surface area contributed by atoms with Crippen molar-refractivity contribution in [1.29, 1.82) is 0 Å². The molecule has 0 unspecified atom stereocenters. The highest BCUT2D eigenvalue weighted by Crippen LogP contribution is 2.44. The Bertz CT molecular complexity index is 565. The number of allylic oxidation sites excluding steroid dienone is 4. The van der Waals surface area contributed by atoms with Gasteiger partial charge in [0.05, 0.1) is 11.7 Å². The summed E-state index contributed by atoms with van der Waals surface area (Å²) in [6.07, 6.45) is 5.83. The lowest BCUT2D eigenvalue weighted by atomic mass is 9.66. The second-order valence-corrected chi connectivity index (χ2v) is 8.21. The van der Waals surface area contributed by atoms with E-state index in [-0.39, 0.29) is 22.0 Å². The normalized spacial score (nSPS) is 19.3. The SMILES string of the molecule is CC(C)(C)C1=CC(C)(c2ccco2)C=C(C(C)(C)C)C1=O. The molecule has 2 heteroatoms. The molecule has 0 saturated carbocycles. The number of furan rings is 1. The highest BCUT2D eigenvalue weighted by Gasteiger charge is 2.40. The number of hydrogen-bond acceptors (Lipinski definition) is 2. The van der Waals surface area contributed by atoms with Crippen LogP contribution in [0.4, 0.5) is 0 Å². The molecular formula is C19H26O2. The van der Waals surface area contributed by atoms with Gasteiger partial charge in [0.15, 0.2) is 5.78 Å². The van der Waals surface area contributed by atoms with Gasteiger partial charge in [0.1, 0.15) is 5.76 Å². The molecule has 1 aliphatic rings. The Kier molecular flexibility index (Phi) is 3.56. The fourth-order valence-electron chi connectivity index (χ4n) is 2.76. The summed E-state index contributed by atoms with van der Waals surface area (Å²) in [5.74, 6) is 1.04. The first-order chi connectivity index (χ1) is 9.45. The van der Waals surface area contributed by atoms with Crippen LogP contribution in [0.25, 0.3) is 0 Å². The van der Waals surface area contributed by atoms with Crippen molar-refractivity contribution in [2.75, 3.05) is 0 Å². The van der Waals surface area contributed by atoms with Crippen LogP contribution in [0.2, 0.25) is 0 Å². The monoisotopic (exact) mass is 286 g/mol. The van der Waals surface area contributed by atoms with Crippen molar-refractivity contribution < 1.29 is 9.21 Å². The Morgan fingerprint density at radius 1 is 0.952 bits per heavy atom. The highest BCUT2D eigenvalue weighted by molar-refractivity contribution is 6.11. The van der Waals surface area contributed by atoms with Gasteiger partial charge in [-0.05, 0) is 29.9 Å². The molecule has 21 heavy (non-hydrogen) atoms. The predicted octanol–water partition coefficient (Wildman–Crippen LogP) is 5.07. The topological polar surface area (TPSA) is 30.2 Å². The zero-order chi connectivity index (χ0) is 16.1. The summed E-state index contributed by atoms with van der Waals surface area (Å²) in [6, 6.07) is 3.87. The molecule has 0 saturated heterocycles. The lowest BCUT2D eigenvalue weighted by Gasteiger charge is -2.36. The minimum absolute atomic E-state index is 0.166. The fourth-order valence-corrected chi connectivity index (χ4v) is 2.76. The molecular weight excluding hydrogens is 260 g/mol. The van der Waals surface area contributed by atoms with Crippen molar-refractivity contribution in [3.8, 4) is 0 Å². The summed E-state index contributed by atoms with van der Waals surface area (Å²) < 4.78 is 5.63. The minimum atomic E-state index is -0.372. The molecule has 2 nitrogen and oxygen atoms in total. The van der Waals surface area contributed by atoms with Gasteiger partial charge < -0.3 is 4.42 Å². The minimum Gasteiger partial charge on any atom is -0.468 e. The Morgan fingerprint density at radius 3 is 1.76 bits per heavy atom. The summed E-state index contributed by atoms with van der Waals surface area (Å²) >= 11 is 0. The molecule has 0 fully saturated rings. The van der Waals surface area contributed by atoms with Crippen molar-refractivity contribution in [1.82, 2.24) is 0 Å². The van der Waals surface area contributed by atoms with E-state index in [1.807, 2.05) is 12.1 Å². The van der Waals surface area contributed by atoms with E-state index in [1.54, 1.807) is 6.26 Å². The fraction of sp³-hybridized carbons (Fsp3) is 0.526. The summed E-state index contributed by atoms with van der Waals surface area (Å²) in [6.45, 7) is 14.6. The standard InChI is InChI=1S/C19H26O2/c1-17(2,3)13-11-19(7,15-9-8-10-21-15)12-14(16(13)20)18(4,5)6/h8-12H,1-7H3. The summed E-state index contributed by atoms with van der Waals surface area (Å²) in [5.41, 5.74) is 0.997. The first kappa shape index (κ1) is 15.8. The molecule has 1 aliphatic carbocycles. The number of carbonyl (C=O) groups is 1. The Morgan fingerprint density at radius 2 is 1.43 bits per heavy atom. The molecule has 0 bridgehead atoms. The van der Waals surface area contributed by atoms with E-state index >= 15 is 0 Å². The van der Waals surface area contributed by atoms with E-state index in [2.05, 4.69) is 60.6 Å². The van der Waals surface area contributed by atoms with Gasteiger partial charge >= 0.3 is 0 Å². The third kappa shape index (κ3) is 2.90. The van der Waals surface area contributed by atoms with Crippen molar-refractivity contribution >= 4 is 5.78 Å². The van der Waals surface area contributed by atoms with Crippen LogP contribution in [0.15, 0.2) is 46.1 Å². The van der Waals surface area contributed by atoms with E-state index in [0.717, 1.165) is 16.9 Å². The van der Waals surface area contributed by atoms with Crippen molar-refractivity contribution in [3.63, 3.8) is 0 Å². The second kappa shape index (κ2) is 4.72. The van der Waals surface area contributed by atoms with Crippen LogP contribution in [0.3, 0.4) is 0 Å². The van der Waals surface area contributed by atoms with Crippen molar-refractivity contribution in [3.05, 3.63) is 47.5 Å². The molecule has 0 N–H and O–H groups in total. The molecule has 0 aliphatic heterocycles. The van der Waals surface area contributed by atoms with Gasteiger partial charge in [-0.15, -0.1) is 0 Å². The van der Waals surface area contributed by atoms with E-state index in [4.69, 9.17) is 4.42 Å². The Balaban J connectivity index is 2.67. The second-order valence-electron chi connectivity index (χ2n) is 8.21. The summed E-state index contributed by atoms with van der Waals surface area (Å²) in [7, 11) is 0. The maximum atomic E-state index is 12.9. The van der Waals surface area contributed by atoms with E-state index < -0.39 is 0 Å². The molecule has 1 aromatic rings. The van der Waals surface area contributed by atoms with Crippen LogP contribution in [0.1, 0.15) is 54.2 Å². The van der Waals surface area contributed by atoms with Crippen molar-refractivity contribution in [2.24, 2.45) is 10.8 Å². The maximum absolute atomic E-state index is 12.9. The Hall–Kier alpha value is -1.57. The van der Waals surface area contributed by atoms with Crippen LogP contribution < -0.4 is 0 Å². The molecule has 0 atom stereocenters. The lowest BCUT2D eigenvalue weighted by Crippen LogP contribution is -2.34. The molecule has 0 radical (unpaired) electrons. The molecule has 0 spiro atoms. The Labute approximate surface area is 127 Å². The first-order valence-electron chi connectivity index (χ1n) is 7.50. The van der Waals surface area contributed by atoms with E-state index in [9.17, 15) is 4.79 Å². The zero-order valence-corrected chi connectivity index (χ0v) is 14.2. The first-order valence-corrected chi connectivity index (χ1v) is 7.50. The molecule has 1 aromatic heterocycles. The number of Topliss-reactive ketones (excluding diaryl/α,β-unsaturated/α-hetero) is 1. The zero-order valence-electron chi connectivity index (χ0n) is 14.2. The predicted molar refractivity (Wildman–Crippen MR) is 86.1 cm³/mol. The van der Waals surface area contributed by atoms with Crippen LogP contribution in [-0.4, -0.2) is 5.78 Å². The van der Waals surface area contributed by atoms with Crippen molar-refractivity contribution in [2.45, 2.75) is 53.9 Å². The van der Waals surface area contributed by atoms with Gasteiger partial charge in [-0.2, -0.15) is 0 Å².